The van der Waals surface area contributed by atoms with Crippen LogP contribution in [0.3, 0.4) is 0 Å². The molecule has 2 rings (SSSR count). The van der Waals surface area contributed by atoms with Gasteiger partial charge in [-0.3, -0.25) is 9.59 Å². The van der Waals surface area contributed by atoms with Gasteiger partial charge in [0.15, 0.2) is 12.2 Å². The summed E-state index contributed by atoms with van der Waals surface area (Å²) in [4.78, 5) is 36.6. The van der Waals surface area contributed by atoms with Gasteiger partial charge in [0.2, 0.25) is 5.91 Å². The lowest BCUT2D eigenvalue weighted by Gasteiger charge is -2.18. The van der Waals surface area contributed by atoms with Crippen LogP contribution in [0.25, 0.3) is 0 Å². The summed E-state index contributed by atoms with van der Waals surface area (Å²) < 4.78 is 9.96. The lowest BCUT2D eigenvalue weighted by molar-refractivity contribution is -0.144. The minimum absolute atomic E-state index is 0.224. The molecule has 1 aliphatic rings. The lowest BCUT2D eigenvalue weighted by atomic mass is 10.0. The first-order chi connectivity index (χ1) is 12.9. The number of epoxide rings is 1. The van der Waals surface area contributed by atoms with Gasteiger partial charge in [-0.15, -0.1) is 0 Å². The van der Waals surface area contributed by atoms with Crippen LogP contribution >= 0.6 is 0 Å². The van der Waals surface area contributed by atoms with Crippen molar-refractivity contribution in [2.75, 3.05) is 13.2 Å². The van der Waals surface area contributed by atoms with Gasteiger partial charge >= 0.3 is 5.97 Å². The smallest absolute Gasteiger partial charge is 0.338 e. The second-order valence-electron chi connectivity index (χ2n) is 6.95. The molecule has 1 fully saturated rings. The van der Waals surface area contributed by atoms with Gasteiger partial charge in [0.1, 0.15) is 6.04 Å². The number of carbonyl (C=O) groups is 3. The predicted molar refractivity (Wildman–Crippen MR) is 99.8 cm³/mol. The average Bonchev–Trinajstić information content (AvgIpc) is 3.43. The molecule has 0 saturated carbocycles. The van der Waals surface area contributed by atoms with Crippen molar-refractivity contribution in [2.24, 2.45) is 5.92 Å². The molecule has 0 unspecified atom stereocenters. The molecule has 1 aromatic rings. The maximum atomic E-state index is 12.6. The Hall–Kier alpha value is -2.41. The van der Waals surface area contributed by atoms with Crippen molar-refractivity contribution >= 4 is 17.8 Å². The largest absolute Gasteiger partial charge is 0.464 e. The van der Waals surface area contributed by atoms with Crippen molar-refractivity contribution in [2.45, 2.75) is 51.9 Å². The molecule has 0 bridgehead atoms. The van der Waals surface area contributed by atoms with Crippen molar-refractivity contribution in [3.05, 3.63) is 35.9 Å². The molecule has 3 atom stereocenters. The average molecular weight is 376 g/mol. The summed E-state index contributed by atoms with van der Waals surface area (Å²) in [6.45, 7) is 6.61. The van der Waals surface area contributed by atoms with Crippen LogP contribution < -0.4 is 10.6 Å². The Morgan fingerprint density at radius 1 is 1.15 bits per heavy atom. The first-order valence-corrected chi connectivity index (χ1v) is 9.36. The molecule has 1 aromatic carbocycles. The van der Waals surface area contributed by atoms with E-state index < -0.39 is 30.1 Å². The van der Waals surface area contributed by atoms with Gasteiger partial charge in [0, 0.05) is 13.0 Å². The molecule has 2 N–H and O–H groups in total. The van der Waals surface area contributed by atoms with Crippen LogP contribution in [-0.4, -0.2) is 49.2 Å². The van der Waals surface area contributed by atoms with Gasteiger partial charge in [0.05, 0.1) is 6.61 Å². The summed E-state index contributed by atoms with van der Waals surface area (Å²) in [5.74, 6) is -0.814. The summed E-state index contributed by atoms with van der Waals surface area (Å²) >= 11 is 0. The Bertz CT molecular complexity index is 647. The number of rotatable bonds is 10. The van der Waals surface area contributed by atoms with Crippen molar-refractivity contribution < 1.29 is 23.9 Å². The molecule has 2 amide bonds. The van der Waals surface area contributed by atoms with Crippen molar-refractivity contribution in [3.8, 4) is 0 Å². The fourth-order valence-electron chi connectivity index (χ4n) is 2.64. The summed E-state index contributed by atoms with van der Waals surface area (Å²) in [6.07, 6.45) is -0.567. The second kappa shape index (κ2) is 10.1. The number of ether oxygens (including phenoxy) is 2. The number of esters is 1. The van der Waals surface area contributed by atoms with E-state index in [0.717, 1.165) is 12.0 Å². The third-order valence-corrected chi connectivity index (χ3v) is 4.21. The molecule has 7 nitrogen and oxygen atoms in total. The SMILES string of the molecule is CCOC(=O)[C@H]1O[C@@H]1C(=O)N[C@H](Cc1ccccc1)C(=O)NCCC(C)C. The molecule has 27 heavy (non-hydrogen) atoms. The molecular weight excluding hydrogens is 348 g/mol. The number of hydrogen-bond donors (Lipinski definition) is 2. The highest BCUT2D eigenvalue weighted by Gasteiger charge is 2.52. The highest BCUT2D eigenvalue weighted by atomic mass is 16.6. The fourth-order valence-corrected chi connectivity index (χ4v) is 2.64. The van der Waals surface area contributed by atoms with E-state index in [9.17, 15) is 14.4 Å². The molecule has 0 radical (unpaired) electrons. The van der Waals surface area contributed by atoms with Crippen molar-refractivity contribution in [1.82, 2.24) is 10.6 Å². The van der Waals surface area contributed by atoms with Gasteiger partial charge in [0.25, 0.3) is 5.91 Å². The number of hydrogen-bond acceptors (Lipinski definition) is 5. The van der Waals surface area contributed by atoms with Crippen LogP contribution in [-0.2, 0) is 30.3 Å². The minimum Gasteiger partial charge on any atom is -0.464 e. The predicted octanol–water partition coefficient (Wildman–Crippen LogP) is 1.21. The Kier molecular flexibility index (Phi) is 7.79. The zero-order valence-electron chi connectivity index (χ0n) is 16.1. The fraction of sp³-hybridized carbons (Fsp3) is 0.550. The Morgan fingerprint density at radius 3 is 2.48 bits per heavy atom. The summed E-state index contributed by atoms with van der Waals surface area (Å²) in [5.41, 5.74) is 0.931. The quantitative estimate of drug-likeness (QED) is 0.473. The molecule has 7 heteroatoms. The zero-order valence-corrected chi connectivity index (χ0v) is 16.1. The molecule has 1 heterocycles. The third kappa shape index (κ3) is 6.67. The monoisotopic (exact) mass is 376 g/mol. The van der Waals surface area contributed by atoms with Crippen molar-refractivity contribution in [3.63, 3.8) is 0 Å². The van der Waals surface area contributed by atoms with Crippen LogP contribution in [0.5, 0.6) is 0 Å². The van der Waals surface area contributed by atoms with Gasteiger partial charge in [-0.05, 0) is 24.8 Å². The highest BCUT2D eigenvalue weighted by Crippen LogP contribution is 2.24. The van der Waals surface area contributed by atoms with E-state index in [1.54, 1.807) is 6.92 Å². The number of nitrogens with one attached hydrogen (secondary N) is 2. The Balaban J connectivity index is 1.96. The van der Waals surface area contributed by atoms with Crippen LogP contribution in [0.4, 0.5) is 0 Å². The van der Waals surface area contributed by atoms with E-state index in [1.807, 2.05) is 30.3 Å². The summed E-state index contributed by atoms with van der Waals surface area (Å²) in [6, 6.07) is 8.71. The lowest BCUT2D eigenvalue weighted by Crippen LogP contribution is -2.50. The number of carbonyl (C=O) groups excluding carboxylic acids is 3. The molecule has 0 spiro atoms. The van der Waals surface area contributed by atoms with Crippen LogP contribution in [0, 0.1) is 5.92 Å². The van der Waals surface area contributed by atoms with Gasteiger partial charge in [-0.2, -0.15) is 0 Å². The number of amides is 2. The maximum absolute atomic E-state index is 12.6. The van der Waals surface area contributed by atoms with Gasteiger partial charge < -0.3 is 20.1 Å². The topological polar surface area (TPSA) is 97.0 Å². The minimum atomic E-state index is -0.897. The molecule has 0 aliphatic carbocycles. The summed E-state index contributed by atoms with van der Waals surface area (Å²) in [5, 5.41) is 5.58. The molecule has 0 aromatic heterocycles. The third-order valence-electron chi connectivity index (χ3n) is 4.21. The first kappa shape index (κ1) is 20.9. The van der Waals surface area contributed by atoms with Crippen LogP contribution in [0.2, 0.25) is 0 Å². The maximum Gasteiger partial charge on any atom is 0.338 e. The van der Waals surface area contributed by atoms with E-state index in [-0.39, 0.29) is 12.5 Å². The summed E-state index contributed by atoms with van der Waals surface area (Å²) in [7, 11) is 0. The zero-order chi connectivity index (χ0) is 19.8. The molecular formula is C20H28N2O5. The molecule has 1 saturated heterocycles. The standard InChI is InChI=1S/C20H28N2O5/c1-4-26-20(25)17-16(27-17)19(24)22-15(12-14-8-6-5-7-9-14)18(23)21-11-10-13(2)3/h5-9,13,15-17H,4,10-12H2,1-3H3,(H,21,23)(H,22,24)/t15-,16+,17+/m1/s1. The Morgan fingerprint density at radius 2 is 1.85 bits per heavy atom. The second-order valence-corrected chi connectivity index (χ2v) is 6.95. The number of benzene rings is 1. The molecule has 148 valence electrons. The van der Waals surface area contributed by atoms with Crippen LogP contribution in [0.15, 0.2) is 30.3 Å². The van der Waals surface area contributed by atoms with E-state index >= 15 is 0 Å². The highest BCUT2D eigenvalue weighted by molar-refractivity contribution is 5.95. The van der Waals surface area contributed by atoms with E-state index in [4.69, 9.17) is 9.47 Å². The van der Waals surface area contributed by atoms with E-state index in [0.29, 0.717) is 18.9 Å². The first-order valence-electron chi connectivity index (χ1n) is 9.36. The normalized spacial score (nSPS) is 19.3. The van der Waals surface area contributed by atoms with Crippen molar-refractivity contribution in [1.29, 1.82) is 0 Å². The van der Waals surface area contributed by atoms with Gasteiger partial charge in [-0.1, -0.05) is 44.2 Å². The Labute approximate surface area is 159 Å². The van der Waals surface area contributed by atoms with E-state index in [1.165, 1.54) is 0 Å². The van der Waals surface area contributed by atoms with E-state index in [2.05, 4.69) is 24.5 Å². The molecule has 1 aliphatic heterocycles. The van der Waals surface area contributed by atoms with Crippen LogP contribution in [0.1, 0.15) is 32.8 Å². The van der Waals surface area contributed by atoms with Gasteiger partial charge in [-0.25, -0.2) is 4.79 Å².